The van der Waals surface area contributed by atoms with E-state index in [4.69, 9.17) is 0 Å². The molecule has 1 rings (SSSR count). The lowest BCUT2D eigenvalue weighted by Gasteiger charge is -1.96. The van der Waals surface area contributed by atoms with Crippen molar-refractivity contribution < 1.29 is 14.6 Å². The van der Waals surface area contributed by atoms with E-state index in [0.29, 0.717) is 5.56 Å². The van der Waals surface area contributed by atoms with E-state index in [1.807, 2.05) is 0 Å². The van der Waals surface area contributed by atoms with E-state index in [9.17, 15) is 14.9 Å². The molecule has 16 heavy (non-hydrogen) atoms. The third-order valence-electron chi connectivity index (χ3n) is 1.78. The molecule has 0 aliphatic rings. The molecule has 0 unspecified atom stereocenters. The number of nitro groups is 1. The molecule has 0 amide bonds. The van der Waals surface area contributed by atoms with Gasteiger partial charge < -0.3 is 0 Å². The number of non-ortho nitro benzene ring substituents is 1. The van der Waals surface area contributed by atoms with Crippen LogP contribution in [0, 0.1) is 10.1 Å². The number of rotatable bonds is 5. The van der Waals surface area contributed by atoms with E-state index in [1.165, 1.54) is 43.7 Å². The molecule has 0 aliphatic carbocycles. The number of ketones is 1. The zero-order chi connectivity index (χ0) is 12.0. The van der Waals surface area contributed by atoms with Crippen LogP contribution in [0.25, 0.3) is 0 Å². The molecule has 0 atom stereocenters. The molecular weight excluding hydrogens is 212 g/mol. The van der Waals surface area contributed by atoms with Crippen LogP contribution in [0.2, 0.25) is 0 Å². The predicted octanol–water partition coefficient (Wildman–Crippen LogP) is 1.44. The number of hydrogen-bond acceptors (Lipinski definition) is 5. The van der Waals surface area contributed by atoms with Crippen LogP contribution in [0.5, 0.6) is 0 Å². The Labute approximate surface area is 91.6 Å². The summed E-state index contributed by atoms with van der Waals surface area (Å²) in [6.07, 6.45) is 2.61. The summed E-state index contributed by atoms with van der Waals surface area (Å²) < 4.78 is 0. The van der Waals surface area contributed by atoms with E-state index in [0.717, 1.165) is 0 Å². The summed E-state index contributed by atoms with van der Waals surface area (Å²) in [6.45, 7) is 0. The quantitative estimate of drug-likeness (QED) is 0.353. The Balaban J connectivity index is 2.74. The van der Waals surface area contributed by atoms with E-state index in [2.05, 4.69) is 10.3 Å². The van der Waals surface area contributed by atoms with E-state index in [-0.39, 0.29) is 11.5 Å². The molecular formula is C10H10N2O4. The van der Waals surface area contributed by atoms with Gasteiger partial charge in [0, 0.05) is 30.0 Å². The molecule has 1 aromatic rings. The van der Waals surface area contributed by atoms with Crippen molar-refractivity contribution in [2.75, 3.05) is 7.11 Å². The minimum absolute atomic E-state index is 0.0458. The molecule has 1 N–H and O–H groups in total. The second-order valence-corrected chi connectivity index (χ2v) is 2.82. The molecule has 1 aromatic carbocycles. The standard InChI is InChI=1S/C10H10N2O4/c1-16-11-7-6-10(13)8-2-4-9(5-3-8)12(14)15/h2-7,11H,1H3/b7-6+. The fourth-order valence-corrected chi connectivity index (χ4v) is 1.02. The lowest BCUT2D eigenvalue weighted by atomic mass is 10.1. The molecule has 0 saturated carbocycles. The fraction of sp³-hybridized carbons (Fsp3) is 0.100. The van der Waals surface area contributed by atoms with Gasteiger partial charge in [0.05, 0.1) is 12.0 Å². The van der Waals surface area contributed by atoms with Crippen molar-refractivity contribution in [3.05, 3.63) is 52.2 Å². The van der Waals surface area contributed by atoms with Gasteiger partial charge in [0.1, 0.15) is 0 Å². The maximum Gasteiger partial charge on any atom is 0.269 e. The molecule has 6 nitrogen and oxygen atoms in total. The second kappa shape index (κ2) is 5.62. The van der Waals surface area contributed by atoms with Gasteiger partial charge in [0.2, 0.25) is 0 Å². The number of hydroxylamine groups is 1. The highest BCUT2D eigenvalue weighted by Gasteiger charge is 2.06. The first-order chi connectivity index (χ1) is 7.65. The smallest absolute Gasteiger partial charge is 0.269 e. The van der Waals surface area contributed by atoms with Crippen molar-refractivity contribution >= 4 is 11.5 Å². The average molecular weight is 222 g/mol. The summed E-state index contributed by atoms with van der Waals surface area (Å²) in [5.41, 5.74) is 2.70. The Hall–Kier alpha value is -2.21. The van der Waals surface area contributed by atoms with Crippen molar-refractivity contribution in [2.24, 2.45) is 0 Å². The number of nitro benzene ring substituents is 1. The zero-order valence-corrected chi connectivity index (χ0v) is 8.54. The summed E-state index contributed by atoms with van der Waals surface area (Å²) in [7, 11) is 1.42. The highest BCUT2D eigenvalue weighted by Crippen LogP contribution is 2.12. The third kappa shape index (κ3) is 3.18. The monoisotopic (exact) mass is 222 g/mol. The van der Waals surface area contributed by atoms with Gasteiger partial charge in [-0.15, -0.1) is 0 Å². The molecule has 0 fully saturated rings. The molecule has 84 valence electrons. The number of allylic oxidation sites excluding steroid dienone is 1. The minimum atomic E-state index is -0.517. The summed E-state index contributed by atoms with van der Waals surface area (Å²) in [5.74, 6) is -0.264. The molecule has 6 heteroatoms. The molecule has 0 spiro atoms. The topological polar surface area (TPSA) is 81.5 Å². The van der Waals surface area contributed by atoms with Crippen LogP contribution in [0.3, 0.4) is 0 Å². The van der Waals surface area contributed by atoms with Crippen molar-refractivity contribution in [1.29, 1.82) is 0 Å². The Morgan fingerprint density at radius 3 is 2.56 bits per heavy atom. The predicted molar refractivity (Wildman–Crippen MR) is 56.7 cm³/mol. The number of nitrogens with zero attached hydrogens (tertiary/aromatic N) is 1. The molecule has 0 radical (unpaired) electrons. The molecule has 0 bridgehead atoms. The zero-order valence-electron chi connectivity index (χ0n) is 8.54. The Morgan fingerprint density at radius 1 is 1.44 bits per heavy atom. The van der Waals surface area contributed by atoms with Crippen LogP contribution < -0.4 is 5.48 Å². The van der Waals surface area contributed by atoms with Gasteiger partial charge in [-0.3, -0.25) is 25.2 Å². The van der Waals surface area contributed by atoms with Gasteiger partial charge in [0.25, 0.3) is 5.69 Å². The second-order valence-electron chi connectivity index (χ2n) is 2.82. The summed E-state index contributed by atoms with van der Waals surface area (Å²) >= 11 is 0. The summed E-state index contributed by atoms with van der Waals surface area (Å²) in [5, 5.41) is 10.4. The van der Waals surface area contributed by atoms with Gasteiger partial charge in [-0.2, -0.15) is 0 Å². The summed E-state index contributed by atoms with van der Waals surface area (Å²) in [4.78, 5) is 25.8. The van der Waals surface area contributed by atoms with E-state index < -0.39 is 4.92 Å². The fourth-order valence-electron chi connectivity index (χ4n) is 1.02. The number of benzene rings is 1. The highest BCUT2D eigenvalue weighted by atomic mass is 16.6. The van der Waals surface area contributed by atoms with Crippen LogP contribution in [0.4, 0.5) is 5.69 Å². The largest absolute Gasteiger partial charge is 0.289 e. The maximum absolute atomic E-state index is 11.4. The van der Waals surface area contributed by atoms with Crippen molar-refractivity contribution in [2.45, 2.75) is 0 Å². The van der Waals surface area contributed by atoms with Crippen LogP contribution in [-0.2, 0) is 4.84 Å². The van der Waals surface area contributed by atoms with Gasteiger partial charge >= 0.3 is 0 Å². The first kappa shape index (κ1) is 11.9. The van der Waals surface area contributed by atoms with Crippen LogP contribution >= 0.6 is 0 Å². The van der Waals surface area contributed by atoms with Crippen molar-refractivity contribution in [3.8, 4) is 0 Å². The molecule has 0 aliphatic heterocycles. The average Bonchev–Trinajstić information content (AvgIpc) is 2.29. The number of carbonyl (C=O) groups is 1. The number of carbonyl (C=O) groups excluding carboxylic acids is 1. The number of nitrogens with one attached hydrogen (secondary N) is 1. The lowest BCUT2D eigenvalue weighted by molar-refractivity contribution is -0.384. The molecule has 0 heterocycles. The molecule has 0 saturated heterocycles. The van der Waals surface area contributed by atoms with Crippen LogP contribution in [-0.4, -0.2) is 17.8 Å². The highest BCUT2D eigenvalue weighted by molar-refractivity contribution is 6.04. The van der Waals surface area contributed by atoms with Gasteiger partial charge in [-0.05, 0) is 12.1 Å². The Morgan fingerprint density at radius 2 is 2.06 bits per heavy atom. The van der Waals surface area contributed by atoms with Gasteiger partial charge in [-0.25, -0.2) is 0 Å². The lowest BCUT2D eigenvalue weighted by Crippen LogP contribution is -2.03. The van der Waals surface area contributed by atoms with Crippen molar-refractivity contribution in [1.82, 2.24) is 5.48 Å². The third-order valence-corrected chi connectivity index (χ3v) is 1.78. The first-order valence-corrected chi connectivity index (χ1v) is 4.39. The van der Waals surface area contributed by atoms with Crippen LogP contribution in [0.15, 0.2) is 36.5 Å². The minimum Gasteiger partial charge on any atom is -0.289 e. The SMILES string of the molecule is CON/C=C/C(=O)c1ccc([N+](=O)[O-])cc1. The van der Waals surface area contributed by atoms with Gasteiger partial charge in [-0.1, -0.05) is 0 Å². The van der Waals surface area contributed by atoms with Crippen molar-refractivity contribution in [3.63, 3.8) is 0 Å². The normalized spacial score (nSPS) is 10.3. The van der Waals surface area contributed by atoms with E-state index >= 15 is 0 Å². The maximum atomic E-state index is 11.4. The van der Waals surface area contributed by atoms with Gasteiger partial charge in [0.15, 0.2) is 5.78 Å². The number of hydrogen-bond donors (Lipinski definition) is 1. The van der Waals surface area contributed by atoms with Crippen LogP contribution in [0.1, 0.15) is 10.4 Å². The van der Waals surface area contributed by atoms with E-state index in [1.54, 1.807) is 0 Å². The molecule has 0 aromatic heterocycles. The Bertz CT molecular complexity index is 411. The first-order valence-electron chi connectivity index (χ1n) is 4.39. The Kier molecular flexibility index (Phi) is 4.16. The summed E-state index contributed by atoms with van der Waals surface area (Å²) in [6, 6.07) is 5.37.